The van der Waals surface area contributed by atoms with Crippen molar-refractivity contribution in [2.75, 3.05) is 36.9 Å². The zero-order valence-electron chi connectivity index (χ0n) is 42.8. The Morgan fingerprint density at radius 2 is 1.08 bits per heavy atom. The molecule has 4 aromatic rings. The van der Waals surface area contributed by atoms with Crippen molar-refractivity contribution in [2.45, 2.75) is 136 Å². The average molecular weight is 981 g/mol. The monoisotopic (exact) mass is 981 g/mol. The topological polar surface area (TPSA) is 175 Å². The summed E-state index contributed by atoms with van der Waals surface area (Å²) in [5, 5.41) is 11.8. The molecule has 382 valence electrons. The molecule has 11 rings (SSSR count). The third-order valence-corrected chi connectivity index (χ3v) is 15.2. The summed E-state index contributed by atoms with van der Waals surface area (Å²) in [4.78, 5) is 84.4. The lowest BCUT2D eigenvalue weighted by Crippen LogP contribution is -2.54. The minimum Gasteiger partial charge on any atom is -0.450 e. The van der Waals surface area contributed by atoms with Crippen LogP contribution in [0.3, 0.4) is 0 Å². The lowest BCUT2D eigenvalue weighted by atomic mass is 9.84. The highest BCUT2D eigenvalue weighted by atomic mass is 16.6. The van der Waals surface area contributed by atoms with Crippen LogP contribution in [0.1, 0.15) is 109 Å². The Labute approximate surface area is 424 Å². The van der Waals surface area contributed by atoms with Gasteiger partial charge in [0.25, 0.3) is 0 Å². The summed E-state index contributed by atoms with van der Waals surface area (Å²) in [5.41, 5.74) is 10.2. The highest BCUT2D eigenvalue weighted by Crippen LogP contribution is 2.48. The molecule has 2 heterocycles. The number of benzene rings is 4. The number of amides is 6. The van der Waals surface area contributed by atoms with Crippen LogP contribution >= 0.6 is 0 Å². The summed E-state index contributed by atoms with van der Waals surface area (Å²) < 4.78 is 10.2. The molecule has 3 fully saturated rings. The van der Waals surface area contributed by atoms with E-state index in [2.05, 4.69) is 69.8 Å². The van der Waals surface area contributed by atoms with Crippen molar-refractivity contribution in [1.29, 1.82) is 0 Å². The van der Waals surface area contributed by atoms with Crippen LogP contribution in [-0.4, -0.2) is 96.1 Å². The lowest BCUT2D eigenvalue weighted by Gasteiger charge is -2.31. The second-order valence-corrected chi connectivity index (χ2v) is 20.9. The van der Waals surface area contributed by atoms with Crippen LogP contribution in [-0.2, 0) is 54.3 Å². The first-order valence-corrected chi connectivity index (χ1v) is 26.2. The Kier molecular flexibility index (Phi) is 16.4. The Morgan fingerprint density at radius 3 is 1.57 bits per heavy atom. The molecule has 2 saturated heterocycles. The second-order valence-electron chi connectivity index (χ2n) is 20.9. The fourth-order valence-electron chi connectivity index (χ4n) is 11.4. The van der Waals surface area contributed by atoms with Gasteiger partial charge in [0, 0.05) is 24.5 Å². The minimum atomic E-state index is -0.816. The van der Waals surface area contributed by atoms with E-state index in [1.54, 1.807) is 23.6 Å². The van der Waals surface area contributed by atoms with Crippen LogP contribution < -0.4 is 21.3 Å². The van der Waals surface area contributed by atoms with E-state index < -0.39 is 36.4 Å². The number of hydrogen-bond acceptors (Lipinski definition) is 8. The van der Waals surface area contributed by atoms with Gasteiger partial charge in [0.1, 0.15) is 24.2 Å². The van der Waals surface area contributed by atoms with Gasteiger partial charge in [0.2, 0.25) is 23.6 Å². The number of carbonyl (C=O) groups excluding carboxylic acids is 6. The molecule has 2 aliphatic heterocycles. The normalized spacial score (nSPS) is 18.9. The fourth-order valence-corrected chi connectivity index (χ4v) is 11.4. The fraction of sp³-hybridized carbons (Fsp3) is 0.483. The first-order chi connectivity index (χ1) is 34.6. The smallest absolute Gasteiger partial charge is 0.407 e. The summed E-state index contributed by atoms with van der Waals surface area (Å²) in [5.74, 6) is -1.43. The molecular weight excluding hydrogens is 909 g/mol. The molecule has 4 N–H and O–H groups in total. The number of rotatable bonds is 14. The van der Waals surface area contributed by atoms with Crippen LogP contribution in [0.5, 0.6) is 0 Å². The Balaban J connectivity index is 0.968. The van der Waals surface area contributed by atoms with Crippen LogP contribution in [0.25, 0.3) is 22.3 Å². The van der Waals surface area contributed by atoms with Crippen molar-refractivity contribution >= 4 is 47.2 Å². The van der Waals surface area contributed by atoms with Gasteiger partial charge >= 0.3 is 12.2 Å². The third-order valence-electron chi connectivity index (χ3n) is 15.2. The maximum absolute atomic E-state index is 14.4. The molecule has 0 aromatic heterocycles. The summed E-state index contributed by atoms with van der Waals surface area (Å²) in [7, 11) is 0. The van der Waals surface area contributed by atoms with Gasteiger partial charge < -0.3 is 40.5 Å². The van der Waals surface area contributed by atoms with Gasteiger partial charge in [-0.05, 0) is 158 Å². The Hall–Kier alpha value is -6.70. The highest BCUT2D eigenvalue weighted by molar-refractivity contribution is 6.00. The van der Waals surface area contributed by atoms with E-state index in [0.29, 0.717) is 43.7 Å². The first-order valence-electron chi connectivity index (χ1n) is 26.2. The Bertz CT molecular complexity index is 2660. The molecule has 7 aliphatic rings. The van der Waals surface area contributed by atoms with Crippen LogP contribution in [0, 0.1) is 17.3 Å². The second kappa shape index (κ2) is 22.8. The molecule has 72 heavy (non-hydrogen) atoms. The molecule has 4 atom stereocenters. The van der Waals surface area contributed by atoms with Gasteiger partial charge in [-0.3, -0.25) is 19.2 Å². The number of hydrogen-bond donors (Lipinski definition) is 4. The van der Waals surface area contributed by atoms with Crippen molar-refractivity contribution < 1.29 is 38.2 Å². The van der Waals surface area contributed by atoms with E-state index in [9.17, 15) is 28.8 Å². The predicted octanol–water partition coefficient (Wildman–Crippen LogP) is 9.48. The van der Waals surface area contributed by atoms with Crippen LogP contribution in [0.2, 0.25) is 0 Å². The van der Waals surface area contributed by atoms with Crippen molar-refractivity contribution in [1.82, 2.24) is 20.4 Å². The molecule has 0 radical (unpaired) electrons. The van der Waals surface area contributed by atoms with Gasteiger partial charge in [-0.2, -0.15) is 0 Å². The predicted molar refractivity (Wildman–Crippen MR) is 279 cm³/mol. The Morgan fingerprint density at radius 1 is 0.597 bits per heavy atom. The molecule has 1 saturated carbocycles. The van der Waals surface area contributed by atoms with Crippen molar-refractivity contribution in [3.63, 3.8) is 0 Å². The molecule has 4 aromatic carbocycles. The van der Waals surface area contributed by atoms with Gasteiger partial charge in [-0.1, -0.05) is 101 Å². The summed E-state index contributed by atoms with van der Waals surface area (Å²) in [6, 6.07) is 26.4. The van der Waals surface area contributed by atoms with Gasteiger partial charge in [0.05, 0.1) is 13.2 Å². The number of aryl methyl sites for hydroxylation is 4. The maximum Gasteiger partial charge on any atom is 0.407 e. The van der Waals surface area contributed by atoms with Crippen molar-refractivity contribution in [3.8, 4) is 22.3 Å². The van der Waals surface area contributed by atoms with E-state index >= 15 is 0 Å². The zero-order valence-corrected chi connectivity index (χ0v) is 42.8. The molecule has 1 spiro atoms. The van der Waals surface area contributed by atoms with Gasteiger partial charge in [-0.25, -0.2) is 9.59 Å². The van der Waals surface area contributed by atoms with Gasteiger partial charge in [-0.15, -0.1) is 0 Å². The lowest BCUT2D eigenvalue weighted by molar-refractivity contribution is -0.139. The number of nitrogens with zero attached hydrogens (tertiary/aromatic N) is 2. The largest absolute Gasteiger partial charge is 0.450 e. The molecule has 4 bridgehead atoms. The van der Waals surface area contributed by atoms with Crippen molar-refractivity contribution in [3.05, 3.63) is 107 Å². The van der Waals surface area contributed by atoms with Crippen LogP contribution in [0.15, 0.2) is 84.9 Å². The summed E-state index contributed by atoms with van der Waals surface area (Å²) in [6.07, 6.45) is 7.73. The molecule has 5 aliphatic carbocycles. The molecule has 14 nitrogen and oxygen atoms in total. The van der Waals surface area contributed by atoms with Gasteiger partial charge in [0.15, 0.2) is 0 Å². The summed E-state index contributed by atoms with van der Waals surface area (Å²) in [6.45, 7) is 12.2. The number of likely N-dealkylation sites (tertiary alicyclic amines) is 2. The maximum atomic E-state index is 14.4. The number of ether oxygens (including phenoxy) is 2. The number of carbonyl (C=O) groups is 6. The average Bonchev–Trinajstić information content (AvgIpc) is 4.14. The molecular formula is C58H72N6O8. The molecule has 14 heteroatoms. The van der Waals surface area contributed by atoms with E-state index in [-0.39, 0.29) is 54.1 Å². The standard InChI is InChI=1S/C58H72N6O8/c1-7-71-56(69)61-50(36(3)4)54(67)63-29-13-18-48(63)52(65)59-44-16-11-14-42(32-44)46-30-38-19-23-40(46)24-20-39-22-26-41(25-21-38)47(31-39)43-15-12-17-45(33-43)60-53(66)49-34-58(27-9-10-28-58)35-64(49)55(68)51(37(5)6)62-57(70)72-8-2/h11-12,14-17,19,22-23,26,30-33,36-37,48-51H,7-10,13,18,20-21,24-25,27-29,34-35H2,1-6H3,(H,59,65)(H,60,66)(H,61,69)(H,62,70)/t48-,49-,50-,51-/m0/s1. The van der Waals surface area contributed by atoms with E-state index in [1.807, 2.05) is 64.1 Å². The van der Waals surface area contributed by atoms with E-state index in [0.717, 1.165) is 73.6 Å². The van der Waals surface area contributed by atoms with Crippen LogP contribution in [0.4, 0.5) is 21.0 Å². The zero-order chi connectivity index (χ0) is 51.1. The third kappa shape index (κ3) is 11.8. The van der Waals surface area contributed by atoms with E-state index in [4.69, 9.17) is 9.47 Å². The number of nitrogens with one attached hydrogen (secondary N) is 4. The minimum absolute atomic E-state index is 0.112. The number of anilines is 2. The SMILES string of the molecule is CCOC(=O)N[C@H](C(=O)N1CCC[C@H]1C(=O)Nc1cccc(-c2cc3ccc2CCc2ccc(c(-c4cccc(NC(=O)[C@@H]5CC6(CCCC6)CN5C(=O)[C@@H](NC(=O)OCC)C(C)C)c4)c2)CC3)c1)C(C)C. The number of alkyl carbamates (subject to hydrolysis) is 2. The van der Waals surface area contributed by atoms with E-state index in [1.165, 1.54) is 22.3 Å². The first kappa shape index (κ1) is 51.6. The summed E-state index contributed by atoms with van der Waals surface area (Å²) >= 11 is 0. The quantitative estimate of drug-likeness (QED) is 0.0967. The molecule has 0 unspecified atom stereocenters. The molecule has 6 amide bonds. The van der Waals surface area contributed by atoms with Crippen molar-refractivity contribution in [2.24, 2.45) is 17.3 Å². The highest BCUT2D eigenvalue weighted by Gasteiger charge is 2.51.